The minimum absolute atomic E-state index is 0.0260. The van der Waals surface area contributed by atoms with Crippen LogP contribution in [0, 0.1) is 0 Å². The van der Waals surface area contributed by atoms with Gasteiger partial charge in [-0.2, -0.15) is 18.2 Å². The number of hydrogen-bond donors (Lipinski definition) is 4. The third kappa shape index (κ3) is 7.65. The van der Waals surface area contributed by atoms with Gasteiger partial charge in [0.05, 0.1) is 23.8 Å². The second-order valence-electron chi connectivity index (χ2n) is 10.0. The molecule has 2 aromatic heterocycles. The van der Waals surface area contributed by atoms with Crippen molar-refractivity contribution in [3.63, 3.8) is 0 Å². The van der Waals surface area contributed by atoms with Gasteiger partial charge < -0.3 is 26.4 Å². The van der Waals surface area contributed by atoms with Crippen LogP contribution in [0.3, 0.4) is 0 Å². The first-order chi connectivity index (χ1) is 20.3. The average molecular weight is 638 g/mol. The van der Waals surface area contributed by atoms with Crippen molar-refractivity contribution in [3.05, 3.63) is 47.7 Å². The van der Waals surface area contributed by atoms with E-state index in [0.717, 1.165) is 35.4 Å². The maximum Gasteiger partial charge on any atom is 0.418 e. The molecule has 0 saturated carbocycles. The number of aromatic nitrogens is 3. The van der Waals surface area contributed by atoms with Crippen LogP contribution in [-0.2, 0) is 42.7 Å². The van der Waals surface area contributed by atoms with E-state index in [4.69, 9.17) is 25.6 Å². The summed E-state index contributed by atoms with van der Waals surface area (Å²) < 4.78 is 45.2. The smallest absolute Gasteiger partial charge is 0.418 e. The predicted octanol–water partition coefficient (Wildman–Crippen LogP) is 0.00680. The van der Waals surface area contributed by atoms with Gasteiger partial charge in [0.2, 0.25) is 6.20 Å². The van der Waals surface area contributed by atoms with E-state index in [9.17, 15) is 18.0 Å². The van der Waals surface area contributed by atoms with E-state index in [-0.39, 0.29) is 29.8 Å². The third-order valence-corrected chi connectivity index (χ3v) is 7.51. The molecular weight excluding hydrogens is 604 g/mol. The summed E-state index contributed by atoms with van der Waals surface area (Å²) in [4.78, 5) is 34.9. The van der Waals surface area contributed by atoms with E-state index in [0.29, 0.717) is 17.4 Å². The van der Waals surface area contributed by atoms with Gasteiger partial charge >= 0.3 is 10.4 Å². The molecule has 3 heterocycles. The number of carbonyl (C=O) groups is 2. The van der Waals surface area contributed by atoms with Gasteiger partial charge in [-0.05, 0) is 44.5 Å². The zero-order valence-corrected chi connectivity index (χ0v) is 25.3. The van der Waals surface area contributed by atoms with Gasteiger partial charge in [0.25, 0.3) is 11.8 Å². The molecule has 1 aliphatic heterocycles. The molecule has 1 aromatic carbocycles. The van der Waals surface area contributed by atoms with Crippen LogP contribution >= 0.6 is 11.3 Å². The molecule has 2 amide bonds. The molecule has 3 aromatic rings. The lowest BCUT2D eigenvalue weighted by atomic mass is 9.84. The number of nitrogens with two attached hydrogens (primary N) is 2. The molecule has 1 saturated heterocycles. The number of hydrogen-bond acceptors (Lipinski definition) is 12. The van der Waals surface area contributed by atoms with Gasteiger partial charge in [-0.15, -0.1) is 20.3 Å². The molecule has 0 spiro atoms. The monoisotopic (exact) mass is 637 g/mol. The van der Waals surface area contributed by atoms with Gasteiger partial charge in [0.1, 0.15) is 24.1 Å². The number of carbonyl (C=O) groups excluding carboxylic acids is 2. The summed E-state index contributed by atoms with van der Waals surface area (Å²) in [5.74, 6) is -1.12. The number of nitrogen functional groups attached to an aromatic ring is 1. The Bertz CT molecular complexity index is 1600. The number of aryl methyl sites for hydroxylation is 2. The van der Waals surface area contributed by atoms with Crippen molar-refractivity contribution < 1.29 is 41.1 Å². The fourth-order valence-electron chi connectivity index (χ4n) is 4.26. The largest absolute Gasteiger partial charge is 0.490 e. The Morgan fingerprint density at radius 2 is 1.98 bits per heavy atom. The molecule has 0 aliphatic carbocycles. The number of amides is 2. The highest BCUT2D eigenvalue weighted by atomic mass is 32.3. The number of nitrogens with one attached hydrogen (secondary N) is 1. The topological polar surface area (TPSA) is 218 Å². The summed E-state index contributed by atoms with van der Waals surface area (Å²) in [6.45, 7) is 4.40. The first-order valence-electron chi connectivity index (χ1n) is 13.0. The van der Waals surface area contributed by atoms with Crippen molar-refractivity contribution in [2.24, 2.45) is 17.9 Å². The van der Waals surface area contributed by atoms with Crippen LogP contribution in [0.15, 0.2) is 47.2 Å². The normalized spacial score (nSPS) is 16.6. The molecule has 18 heteroatoms. The highest BCUT2D eigenvalue weighted by Gasteiger charge is 2.58. The number of β-lactam (4-membered cyclic amide) rings is 1. The van der Waals surface area contributed by atoms with Crippen molar-refractivity contribution in [1.82, 2.24) is 20.0 Å². The maximum atomic E-state index is 13.1. The SMILES string of the molecule is C[n+]1cc(-c2ccc(OCCO/N=C(\C(=O)N[C@@H]3C(=O)N(OS(=O)(=O)O)C3(C)C)c3csc(N)n3)cc2)cn1CCCN. The fraction of sp³-hybridized carbons (Fsp3) is 0.400. The molecule has 0 bridgehead atoms. The molecule has 0 radical (unpaired) electrons. The van der Waals surface area contributed by atoms with Crippen molar-refractivity contribution in [3.8, 4) is 16.9 Å². The first-order valence-corrected chi connectivity index (χ1v) is 15.3. The molecule has 16 nitrogen and oxygen atoms in total. The number of benzene rings is 1. The second-order valence-corrected chi connectivity index (χ2v) is 11.9. The number of ether oxygens (including phenoxy) is 1. The van der Waals surface area contributed by atoms with Crippen LogP contribution in [-0.4, -0.2) is 76.6 Å². The van der Waals surface area contributed by atoms with Crippen LogP contribution in [0.25, 0.3) is 11.1 Å². The Morgan fingerprint density at radius 3 is 2.58 bits per heavy atom. The number of nitrogens with zero attached hydrogens (tertiary/aromatic N) is 5. The Labute approximate surface area is 251 Å². The Hall–Kier alpha value is -4.10. The summed E-state index contributed by atoms with van der Waals surface area (Å²) in [5.41, 5.74) is 11.9. The Kier molecular flexibility index (Phi) is 9.65. The molecule has 4 rings (SSSR count). The fourth-order valence-corrected chi connectivity index (χ4v) is 5.26. The molecule has 1 aliphatic rings. The minimum atomic E-state index is -4.94. The highest BCUT2D eigenvalue weighted by molar-refractivity contribution is 7.80. The standard InChI is InChI=1S/C25H32N8O8S2/c1-25(2)21(23(35)33(25)41-43(36,37)38)29-22(34)20(19-15-42-24(27)28-19)30-40-12-11-39-18-7-5-16(6-8-18)17-13-31(3)32(14-17)10-4-9-26/h5-8,13-15,21H,4,9-12,26H2,1-3H3,(H3-,27,28,29,34,36,37,38)/p+1/b30-20-/t21-/m1/s1. The van der Waals surface area contributed by atoms with E-state index in [1.165, 1.54) is 19.2 Å². The number of hydroxylamine groups is 2. The van der Waals surface area contributed by atoms with E-state index >= 15 is 0 Å². The van der Waals surface area contributed by atoms with Crippen LogP contribution in [0.1, 0.15) is 26.0 Å². The van der Waals surface area contributed by atoms with Crippen LogP contribution in [0.4, 0.5) is 5.13 Å². The van der Waals surface area contributed by atoms with Crippen LogP contribution < -0.4 is 26.2 Å². The lowest BCUT2D eigenvalue weighted by Crippen LogP contribution is -2.76. The summed E-state index contributed by atoms with van der Waals surface area (Å²) in [6, 6.07) is 6.36. The van der Waals surface area contributed by atoms with Crippen molar-refractivity contribution >= 4 is 44.4 Å². The molecule has 6 N–H and O–H groups in total. The molecule has 1 atom stereocenters. The van der Waals surface area contributed by atoms with Crippen molar-refractivity contribution in [2.75, 3.05) is 25.5 Å². The summed E-state index contributed by atoms with van der Waals surface area (Å²) in [5, 5.41) is 8.48. The number of anilines is 1. The quantitative estimate of drug-likeness (QED) is 0.0461. The van der Waals surface area contributed by atoms with Gasteiger partial charge in [0.15, 0.2) is 24.5 Å². The van der Waals surface area contributed by atoms with Crippen molar-refractivity contribution in [1.29, 1.82) is 0 Å². The highest BCUT2D eigenvalue weighted by Crippen LogP contribution is 2.33. The van der Waals surface area contributed by atoms with Gasteiger partial charge in [0, 0.05) is 5.38 Å². The van der Waals surface area contributed by atoms with E-state index in [1.54, 1.807) is 0 Å². The Balaban J connectivity index is 1.34. The third-order valence-electron chi connectivity index (χ3n) is 6.50. The van der Waals surface area contributed by atoms with E-state index < -0.39 is 33.8 Å². The first kappa shape index (κ1) is 31.8. The van der Waals surface area contributed by atoms with Crippen LogP contribution in [0.5, 0.6) is 5.75 Å². The van der Waals surface area contributed by atoms with Crippen LogP contribution in [0.2, 0.25) is 0 Å². The predicted molar refractivity (Wildman–Crippen MR) is 155 cm³/mol. The minimum Gasteiger partial charge on any atom is -0.490 e. The van der Waals surface area contributed by atoms with E-state index in [1.807, 2.05) is 42.2 Å². The number of oxime groups is 1. The summed E-state index contributed by atoms with van der Waals surface area (Å²) in [7, 11) is -2.97. The number of thiazole rings is 1. The lowest BCUT2D eigenvalue weighted by molar-refractivity contribution is -0.753. The maximum absolute atomic E-state index is 13.1. The molecular formula is C25H33N8O8S2+. The summed E-state index contributed by atoms with van der Waals surface area (Å²) >= 11 is 1.07. The van der Waals surface area contributed by atoms with Gasteiger partial charge in [-0.3, -0.25) is 14.1 Å². The average Bonchev–Trinajstić information content (AvgIpc) is 3.55. The van der Waals surface area contributed by atoms with Gasteiger partial charge in [-0.25, -0.2) is 4.98 Å². The Morgan fingerprint density at radius 1 is 1.26 bits per heavy atom. The molecule has 0 unspecified atom stereocenters. The van der Waals surface area contributed by atoms with Gasteiger partial charge in [-0.1, -0.05) is 17.3 Å². The van der Waals surface area contributed by atoms with E-state index in [2.05, 4.69) is 30.6 Å². The lowest BCUT2D eigenvalue weighted by Gasteiger charge is -2.50. The van der Waals surface area contributed by atoms with Crippen molar-refractivity contribution in [2.45, 2.75) is 38.4 Å². The zero-order chi connectivity index (χ0) is 31.4. The molecule has 232 valence electrons. The summed E-state index contributed by atoms with van der Waals surface area (Å²) in [6.07, 6.45) is 4.98. The zero-order valence-electron chi connectivity index (χ0n) is 23.7. The second kappa shape index (κ2) is 13.0. The number of rotatable bonds is 14. The molecule has 1 fully saturated rings. The molecule has 43 heavy (non-hydrogen) atoms.